The van der Waals surface area contributed by atoms with Crippen LogP contribution in [0.3, 0.4) is 0 Å². The number of carbonyl (C=O) groups is 1. The van der Waals surface area contributed by atoms with Crippen LogP contribution in [0, 0.1) is 0 Å². The fourth-order valence-corrected chi connectivity index (χ4v) is 3.64. The Bertz CT molecular complexity index is 1150. The lowest BCUT2D eigenvalue weighted by Crippen LogP contribution is -2.32. The standard InChI is InChI=1S/C25H29NO5/c1-15(2)30-17-13-11-16(12-14-17)20-18-9-7-8-10-19(18)23(27)26(6)21(20)22(24(28)29)31-25(3,4)5/h7-15,22H,1-6H3,(H,28,29). The topological polar surface area (TPSA) is 77.8 Å². The lowest BCUT2D eigenvalue weighted by atomic mass is 9.94. The molecule has 1 aromatic heterocycles. The highest BCUT2D eigenvalue weighted by molar-refractivity contribution is 5.98. The number of hydrogen-bond acceptors (Lipinski definition) is 4. The van der Waals surface area contributed by atoms with E-state index in [-0.39, 0.29) is 11.7 Å². The third-order valence-corrected chi connectivity index (χ3v) is 4.81. The summed E-state index contributed by atoms with van der Waals surface area (Å²) in [5.41, 5.74) is 0.755. The van der Waals surface area contributed by atoms with Crippen LogP contribution in [0.5, 0.6) is 5.75 Å². The van der Waals surface area contributed by atoms with Crippen molar-refractivity contribution in [2.24, 2.45) is 7.05 Å². The van der Waals surface area contributed by atoms with Crippen LogP contribution in [-0.4, -0.2) is 27.3 Å². The van der Waals surface area contributed by atoms with Gasteiger partial charge in [0.05, 0.1) is 17.4 Å². The van der Waals surface area contributed by atoms with Crippen molar-refractivity contribution in [2.75, 3.05) is 0 Å². The van der Waals surface area contributed by atoms with Gasteiger partial charge in [-0.1, -0.05) is 30.3 Å². The molecule has 0 fully saturated rings. The third-order valence-electron chi connectivity index (χ3n) is 4.81. The number of pyridine rings is 1. The van der Waals surface area contributed by atoms with Crippen molar-refractivity contribution in [1.29, 1.82) is 0 Å². The molecule has 0 amide bonds. The Morgan fingerprint density at radius 2 is 1.58 bits per heavy atom. The summed E-state index contributed by atoms with van der Waals surface area (Å²) in [7, 11) is 1.59. The molecule has 0 bridgehead atoms. The van der Waals surface area contributed by atoms with E-state index in [0.717, 1.165) is 11.3 Å². The van der Waals surface area contributed by atoms with Crippen molar-refractivity contribution in [3.05, 3.63) is 64.6 Å². The van der Waals surface area contributed by atoms with Gasteiger partial charge in [0.2, 0.25) is 0 Å². The maximum absolute atomic E-state index is 13.1. The number of carboxylic acids is 1. The Balaban J connectivity index is 2.35. The molecule has 3 aromatic rings. The van der Waals surface area contributed by atoms with Crippen LogP contribution in [0.2, 0.25) is 0 Å². The number of ether oxygens (including phenoxy) is 2. The molecule has 0 aliphatic heterocycles. The first-order valence-corrected chi connectivity index (χ1v) is 10.3. The highest BCUT2D eigenvalue weighted by Crippen LogP contribution is 2.37. The van der Waals surface area contributed by atoms with Crippen molar-refractivity contribution in [3.63, 3.8) is 0 Å². The molecule has 6 nitrogen and oxygen atoms in total. The van der Waals surface area contributed by atoms with Crippen LogP contribution in [0.4, 0.5) is 0 Å². The van der Waals surface area contributed by atoms with E-state index in [1.807, 2.05) is 50.2 Å². The first kappa shape index (κ1) is 22.6. The third kappa shape index (κ3) is 4.80. The van der Waals surface area contributed by atoms with Gasteiger partial charge >= 0.3 is 5.97 Å². The molecule has 1 unspecified atom stereocenters. The van der Waals surface area contributed by atoms with Crippen molar-refractivity contribution >= 4 is 16.7 Å². The van der Waals surface area contributed by atoms with Gasteiger partial charge in [-0.2, -0.15) is 0 Å². The van der Waals surface area contributed by atoms with Crippen LogP contribution in [0.1, 0.15) is 46.4 Å². The first-order valence-electron chi connectivity index (χ1n) is 10.3. The minimum Gasteiger partial charge on any atom is -0.491 e. The minimum absolute atomic E-state index is 0.0383. The van der Waals surface area contributed by atoms with Gasteiger partial charge in [0, 0.05) is 18.0 Å². The Kier molecular flexibility index (Phi) is 6.23. The van der Waals surface area contributed by atoms with E-state index in [0.29, 0.717) is 22.0 Å². The van der Waals surface area contributed by atoms with Crippen molar-refractivity contribution < 1.29 is 19.4 Å². The van der Waals surface area contributed by atoms with E-state index < -0.39 is 17.7 Å². The van der Waals surface area contributed by atoms with E-state index >= 15 is 0 Å². The number of benzene rings is 2. The number of aromatic nitrogens is 1. The van der Waals surface area contributed by atoms with Crippen molar-refractivity contribution in [2.45, 2.75) is 52.4 Å². The van der Waals surface area contributed by atoms with E-state index in [2.05, 4.69) is 0 Å². The molecule has 164 valence electrons. The lowest BCUT2D eigenvalue weighted by molar-refractivity contribution is -0.161. The quantitative estimate of drug-likeness (QED) is 0.608. The van der Waals surface area contributed by atoms with Gasteiger partial charge in [0.25, 0.3) is 5.56 Å². The van der Waals surface area contributed by atoms with Gasteiger partial charge in [-0.25, -0.2) is 4.79 Å². The molecule has 2 aromatic carbocycles. The molecule has 0 saturated carbocycles. The monoisotopic (exact) mass is 423 g/mol. The number of nitrogens with zero attached hydrogens (tertiary/aromatic N) is 1. The van der Waals surface area contributed by atoms with E-state index in [1.54, 1.807) is 40.0 Å². The van der Waals surface area contributed by atoms with Crippen LogP contribution in [0.15, 0.2) is 53.3 Å². The molecule has 0 radical (unpaired) electrons. The van der Waals surface area contributed by atoms with Crippen LogP contribution < -0.4 is 10.3 Å². The summed E-state index contributed by atoms with van der Waals surface area (Å²) in [6.07, 6.45) is -1.28. The summed E-state index contributed by atoms with van der Waals surface area (Å²) >= 11 is 0. The predicted molar refractivity (Wildman–Crippen MR) is 122 cm³/mol. The van der Waals surface area contributed by atoms with Gasteiger partial charge in [0.15, 0.2) is 6.10 Å². The van der Waals surface area contributed by atoms with Crippen molar-refractivity contribution in [1.82, 2.24) is 4.57 Å². The fourth-order valence-electron chi connectivity index (χ4n) is 3.64. The van der Waals surface area contributed by atoms with Crippen LogP contribution >= 0.6 is 0 Å². The molecule has 1 N–H and O–H groups in total. The van der Waals surface area contributed by atoms with Gasteiger partial charge in [-0.15, -0.1) is 0 Å². The zero-order chi connectivity index (χ0) is 22.9. The summed E-state index contributed by atoms with van der Waals surface area (Å²) in [6.45, 7) is 9.28. The predicted octanol–water partition coefficient (Wildman–Crippen LogP) is 4.93. The number of hydrogen-bond donors (Lipinski definition) is 1. The molecular formula is C25H29NO5. The van der Waals surface area contributed by atoms with Gasteiger partial charge in [-0.3, -0.25) is 4.79 Å². The number of fused-ring (bicyclic) bond motifs is 1. The fraction of sp³-hybridized carbons (Fsp3) is 0.360. The molecule has 0 spiro atoms. The van der Waals surface area contributed by atoms with Crippen LogP contribution in [0.25, 0.3) is 21.9 Å². The molecule has 1 heterocycles. The smallest absolute Gasteiger partial charge is 0.339 e. The molecule has 0 aliphatic carbocycles. The number of rotatable bonds is 6. The summed E-state index contributed by atoms with van der Waals surface area (Å²) in [5.74, 6) is -0.434. The highest BCUT2D eigenvalue weighted by Gasteiger charge is 2.32. The van der Waals surface area contributed by atoms with Crippen molar-refractivity contribution in [3.8, 4) is 16.9 Å². The zero-order valence-electron chi connectivity index (χ0n) is 18.8. The summed E-state index contributed by atoms with van der Waals surface area (Å²) in [4.78, 5) is 25.4. The number of aliphatic carboxylic acids is 1. The maximum Gasteiger partial charge on any atom is 0.339 e. The lowest BCUT2D eigenvalue weighted by Gasteiger charge is -2.28. The minimum atomic E-state index is -1.32. The molecule has 0 saturated heterocycles. The Morgan fingerprint density at radius 3 is 2.10 bits per heavy atom. The SMILES string of the molecule is CC(C)Oc1ccc(-c2c(C(OC(C)(C)C)C(=O)O)n(C)c(=O)c3ccccc23)cc1. The molecule has 6 heteroatoms. The average Bonchev–Trinajstić information content (AvgIpc) is 2.68. The molecule has 31 heavy (non-hydrogen) atoms. The number of carboxylic acid groups (broad SMARTS) is 1. The summed E-state index contributed by atoms with van der Waals surface area (Å²) in [5, 5.41) is 11.2. The Labute approximate surface area is 182 Å². The molecule has 0 aliphatic rings. The van der Waals surface area contributed by atoms with E-state index in [1.165, 1.54) is 4.57 Å². The highest BCUT2D eigenvalue weighted by atomic mass is 16.5. The Hall–Kier alpha value is -3.12. The van der Waals surface area contributed by atoms with Gasteiger partial charge < -0.3 is 19.1 Å². The molecular weight excluding hydrogens is 394 g/mol. The molecule has 3 rings (SSSR count). The maximum atomic E-state index is 13.1. The second-order valence-electron chi connectivity index (χ2n) is 8.81. The summed E-state index contributed by atoms with van der Waals surface area (Å²) < 4.78 is 13.1. The second kappa shape index (κ2) is 8.55. The Morgan fingerprint density at radius 1 is 1.00 bits per heavy atom. The van der Waals surface area contributed by atoms with Gasteiger partial charge in [0.1, 0.15) is 5.75 Å². The first-order chi connectivity index (χ1) is 14.5. The average molecular weight is 424 g/mol. The normalized spacial score (nSPS) is 12.9. The largest absolute Gasteiger partial charge is 0.491 e. The summed E-state index contributed by atoms with van der Waals surface area (Å²) in [6, 6.07) is 14.7. The van der Waals surface area contributed by atoms with E-state index in [4.69, 9.17) is 9.47 Å². The van der Waals surface area contributed by atoms with E-state index in [9.17, 15) is 14.7 Å². The van der Waals surface area contributed by atoms with Gasteiger partial charge in [-0.05, 0) is 63.8 Å². The molecule has 1 atom stereocenters. The second-order valence-corrected chi connectivity index (χ2v) is 8.81. The zero-order valence-corrected chi connectivity index (χ0v) is 18.8. The van der Waals surface area contributed by atoms with Crippen LogP contribution in [-0.2, 0) is 16.6 Å².